The maximum Gasteiger partial charge on any atom is 0.255 e. The normalized spacial score (nSPS) is 11.7. The summed E-state index contributed by atoms with van der Waals surface area (Å²) >= 11 is 6.94. The minimum atomic E-state index is -0.258. The highest BCUT2D eigenvalue weighted by atomic mass is 79.9. The molecule has 0 radical (unpaired) electrons. The average Bonchev–Trinajstić information content (AvgIpc) is 2.60. The molecule has 0 bridgehead atoms. The van der Waals surface area contributed by atoms with Crippen molar-refractivity contribution in [2.75, 3.05) is 10.7 Å². The number of nitrogens with zero attached hydrogens (tertiary/aromatic N) is 2. The molecule has 1 rings (SSSR count). The highest BCUT2D eigenvalue weighted by Gasteiger charge is 2.30. The highest BCUT2D eigenvalue weighted by Crippen LogP contribution is 2.19. The van der Waals surface area contributed by atoms with Crippen LogP contribution in [0.3, 0.4) is 0 Å². The number of amides is 1. The second-order valence-corrected chi connectivity index (χ2v) is 5.65. The summed E-state index contributed by atoms with van der Waals surface area (Å²) in [4.78, 5) is 12.4. The lowest BCUT2D eigenvalue weighted by Gasteiger charge is -2.30. The van der Waals surface area contributed by atoms with Crippen LogP contribution in [0.5, 0.6) is 0 Å². The van der Waals surface area contributed by atoms with Gasteiger partial charge in [-0.05, 0) is 20.3 Å². The van der Waals surface area contributed by atoms with Gasteiger partial charge in [-0.3, -0.25) is 9.48 Å². The molecule has 18 heavy (non-hydrogen) atoms. The van der Waals surface area contributed by atoms with E-state index in [0.717, 1.165) is 17.8 Å². The number of rotatable bonds is 5. The van der Waals surface area contributed by atoms with Crippen LogP contribution in [0.2, 0.25) is 0 Å². The predicted octanol–water partition coefficient (Wildman–Crippen LogP) is 2.71. The van der Waals surface area contributed by atoms with Gasteiger partial charge in [-0.1, -0.05) is 38.8 Å². The number of aromatic nitrogens is 2. The van der Waals surface area contributed by atoms with Gasteiger partial charge in [-0.15, -0.1) is 0 Å². The zero-order chi connectivity index (χ0) is 13.9. The molecule has 1 amide bonds. The summed E-state index contributed by atoms with van der Waals surface area (Å²) in [6.07, 6.45) is 0.855. The lowest BCUT2D eigenvalue weighted by molar-refractivity contribution is 0.0914. The van der Waals surface area contributed by atoms with Crippen LogP contribution < -0.4 is 5.32 Å². The third kappa shape index (κ3) is 2.96. The summed E-state index contributed by atoms with van der Waals surface area (Å²) < 4.78 is 1.74. The molecule has 0 aliphatic rings. The number of alkyl halides is 2. The molecule has 0 atom stereocenters. The third-order valence-electron chi connectivity index (χ3n) is 3.30. The molecule has 0 saturated carbocycles. The van der Waals surface area contributed by atoms with Crippen molar-refractivity contribution < 1.29 is 4.79 Å². The summed E-state index contributed by atoms with van der Waals surface area (Å²) in [6.45, 7) is 5.83. The Kier molecular flexibility index (Phi) is 5.40. The van der Waals surface area contributed by atoms with E-state index in [-0.39, 0.29) is 11.4 Å². The van der Waals surface area contributed by atoms with Gasteiger partial charge in [0.15, 0.2) is 0 Å². The van der Waals surface area contributed by atoms with Crippen molar-refractivity contribution in [2.24, 2.45) is 7.05 Å². The van der Waals surface area contributed by atoms with Crippen molar-refractivity contribution in [1.29, 1.82) is 0 Å². The number of carbonyl (C=O) groups is 1. The molecule has 0 spiro atoms. The van der Waals surface area contributed by atoms with E-state index in [2.05, 4.69) is 49.2 Å². The Hall–Kier alpha value is -0.360. The van der Waals surface area contributed by atoms with E-state index in [0.29, 0.717) is 16.2 Å². The van der Waals surface area contributed by atoms with Crippen LogP contribution in [-0.2, 0) is 7.05 Å². The zero-order valence-corrected chi connectivity index (χ0v) is 14.4. The predicted molar refractivity (Wildman–Crippen MR) is 80.8 cm³/mol. The molecule has 1 aromatic heterocycles. The first-order chi connectivity index (χ1) is 8.40. The average molecular weight is 381 g/mol. The van der Waals surface area contributed by atoms with E-state index in [1.807, 2.05) is 20.9 Å². The number of hydrogen-bond acceptors (Lipinski definition) is 2. The molecule has 0 unspecified atom stereocenters. The van der Waals surface area contributed by atoms with Crippen molar-refractivity contribution in [3.63, 3.8) is 0 Å². The lowest BCUT2D eigenvalue weighted by atomic mass is 10.0. The Morgan fingerprint density at radius 1 is 1.39 bits per heavy atom. The Morgan fingerprint density at radius 3 is 2.28 bits per heavy atom. The SMILES string of the molecule is CCC(CBr)(CBr)NC(=O)c1c(C)nn(C)c1C. The van der Waals surface area contributed by atoms with Gasteiger partial charge in [0.1, 0.15) is 0 Å². The van der Waals surface area contributed by atoms with E-state index < -0.39 is 0 Å². The van der Waals surface area contributed by atoms with Crippen molar-refractivity contribution in [3.05, 3.63) is 17.0 Å². The summed E-state index contributed by atoms with van der Waals surface area (Å²) in [5.41, 5.74) is 2.07. The smallest absolute Gasteiger partial charge is 0.255 e. The van der Waals surface area contributed by atoms with Crippen LogP contribution in [0.4, 0.5) is 0 Å². The first kappa shape index (κ1) is 15.7. The van der Waals surface area contributed by atoms with E-state index >= 15 is 0 Å². The van der Waals surface area contributed by atoms with Crippen LogP contribution in [0, 0.1) is 13.8 Å². The van der Waals surface area contributed by atoms with Crippen LogP contribution in [0.25, 0.3) is 0 Å². The van der Waals surface area contributed by atoms with Gasteiger partial charge in [0.05, 0.1) is 16.8 Å². The molecule has 6 heteroatoms. The van der Waals surface area contributed by atoms with Crippen molar-refractivity contribution in [2.45, 2.75) is 32.7 Å². The Bertz CT molecular complexity index is 431. The Labute approximate surface area is 125 Å². The van der Waals surface area contributed by atoms with E-state index in [1.54, 1.807) is 4.68 Å². The molecule has 1 aromatic rings. The molecule has 102 valence electrons. The Balaban J connectivity index is 3.01. The molecule has 0 saturated heterocycles. The van der Waals surface area contributed by atoms with Gasteiger partial charge < -0.3 is 5.32 Å². The quantitative estimate of drug-likeness (QED) is 0.798. The Morgan fingerprint density at radius 2 is 1.94 bits per heavy atom. The number of halogens is 2. The van der Waals surface area contributed by atoms with Gasteiger partial charge in [0.2, 0.25) is 0 Å². The van der Waals surface area contributed by atoms with E-state index in [1.165, 1.54) is 0 Å². The number of hydrogen-bond donors (Lipinski definition) is 1. The maximum absolute atomic E-state index is 12.4. The minimum Gasteiger partial charge on any atom is -0.345 e. The largest absolute Gasteiger partial charge is 0.345 e. The van der Waals surface area contributed by atoms with Crippen LogP contribution in [-0.4, -0.2) is 31.9 Å². The van der Waals surface area contributed by atoms with Crippen molar-refractivity contribution in [3.8, 4) is 0 Å². The molecule has 0 fully saturated rings. The van der Waals surface area contributed by atoms with Crippen LogP contribution >= 0.6 is 31.9 Å². The molecular weight excluding hydrogens is 362 g/mol. The fraction of sp³-hybridized carbons (Fsp3) is 0.667. The van der Waals surface area contributed by atoms with Gasteiger partial charge in [0, 0.05) is 23.4 Å². The summed E-state index contributed by atoms with van der Waals surface area (Å²) in [7, 11) is 1.85. The second kappa shape index (κ2) is 6.19. The lowest BCUT2D eigenvalue weighted by Crippen LogP contribution is -2.51. The fourth-order valence-corrected chi connectivity index (χ4v) is 3.79. The third-order valence-corrected chi connectivity index (χ3v) is 5.45. The zero-order valence-electron chi connectivity index (χ0n) is 11.2. The van der Waals surface area contributed by atoms with Gasteiger partial charge in [0.25, 0.3) is 5.91 Å². The van der Waals surface area contributed by atoms with E-state index in [9.17, 15) is 4.79 Å². The molecule has 0 aliphatic heterocycles. The van der Waals surface area contributed by atoms with Gasteiger partial charge in [-0.2, -0.15) is 5.10 Å². The first-order valence-corrected chi connectivity index (χ1v) is 8.09. The van der Waals surface area contributed by atoms with Crippen molar-refractivity contribution >= 4 is 37.8 Å². The molecule has 0 aliphatic carbocycles. The molecule has 1 N–H and O–H groups in total. The van der Waals surface area contributed by atoms with Gasteiger partial charge >= 0.3 is 0 Å². The molecular formula is C12H19Br2N3O. The first-order valence-electron chi connectivity index (χ1n) is 5.85. The van der Waals surface area contributed by atoms with E-state index in [4.69, 9.17) is 0 Å². The minimum absolute atomic E-state index is 0.0566. The molecule has 1 heterocycles. The summed E-state index contributed by atoms with van der Waals surface area (Å²) in [5, 5.41) is 8.80. The summed E-state index contributed by atoms with van der Waals surface area (Å²) in [5.74, 6) is -0.0566. The standard InChI is InChI=1S/C12H19Br2N3O/c1-5-12(6-13,7-14)15-11(18)10-8(2)16-17(4)9(10)3/h5-7H2,1-4H3,(H,15,18). The number of nitrogens with one attached hydrogen (secondary N) is 1. The van der Waals surface area contributed by atoms with Gasteiger partial charge in [-0.25, -0.2) is 0 Å². The summed E-state index contributed by atoms with van der Waals surface area (Å²) in [6, 6.07) is 0. The maximum atomic E-state index is 12.4. The topological polar surface area (TPSA) is 46.9 Å². The fourth-order valence-electron chi connectivity index (χ4n) is 1.79. The molecule has 0 aromatic carbocycles. The number of aryl methyl sites for hydroxylation is 2. The second-order valence-electron chi connectivity index (χ2n) is 4.52. The molecule has 4 nitrogen and oxygen atoms in total. The monoisotopic (exact) mass is 379 g/mol. The van der Waals surface area contributed by atoms with Crippen LogP contribution in [0.1, 0.15) is 35.1 Å². The van der Waals surface area contributed by atoms with Crippen molar-refractivity contribution in [1.82, 2.24) is 15.1 Å². The number of carbonyl (C=O) groups excluding carboxylic acids is 1. The highest BCUT2D eigenvalue weighted by molar-refractivity contribution is 9.09. The van der Waals surface area contributed by atoms with Crippen LogP contribution in [0.15, 0.2) is 0 Å².